The lowest BCUT2D eigenvalue weighted by Gasteiger charge is -2.33. The van der Waals surface area contributed by atoms with Crippen molar-refractivity contribution >= 4 is 22.5 Å². The van der Waals surface area contributed by atoms with Crippen LogP contribution in [-0.4, -0.2) is 75.1 Å². The number of nitrogens with one attached hydrogen (secondary N) is 1. The number of hydrogen-bond acceptors (Lipinski definition) is 5. The molecule has 4 aromatic rings. The summed E-state index contributed by atoms with van der Waals surface area (Å²) < 4.78 is 8.26. The van der Waals surface area contributed by atoms with Crippen molar-refractivity contribution in [3.05, 3.63) is 47.9 Å². The van der Waals surface area contributed by atoms with E-state index in [4.69, 9.17) is 4.74 Å². The Morgan fingerprint density at radius 1 is 1.29 bits per heavy atom. The van der Waals surface area contributed by atoms with Crippen LogP contribution in [0.2, 0.25) is 0 Å². The van der Waals surface area contributed by atoms with Gasteiger partial charge in [0.15, 0.2) is 5.65 Å². The summed E-state index contributed by atoms with van der Waals surface area (Å²) in [4.78, 5) is 24.4. The fraction of sp³-hybridized carbons (Fsp3) is 0.444. The second-order valence-electron chi connectivity index (χ2n) is 10.2. The van der Waals surface area contributed by atoms with Crippen molar-refractivity contribution in [3.8, 4) is 17.0 Å². The minimum Gasteiger partial charge on any atom is -0.489 e. The molecule has 8 heteroatoms. The molecule has 184 valence electrons. The standard InChI is InChI=1S/C27H34N6O2/c1-17(2)25-22-12-20(35-21-7-6-10-32(14-21)24(34)15-31(4)5)8-9-23(22)30-26(25)19-11-18(3)27-28-16-29-33(27)13-19/h8-9,11-13,16-17,21,30H,6-7,10,14-15H2,1-5H3/t21-/m0/s1. The maximum absolute atomic E-state index is 12.5. The van der Waals surface area contributed by atoms with Gasteiger partial charge in [-0.2, -0.15) is 5.10 Å². The normalized spacial score (nSPS) is 16.7. The number of carbonyl (C=O) groups is 1. The van der Waals surface area contributed by atoms with E-state index in [-0.39, 0.29) is 12.0 Å². The van der Waals surface area contributed by atoms with E-state index in [0.29, 0.717) is 19.0 Å². The van der Waals surface area contributed by atoms with E-state index in [1.54, 1.807) is 6.33 Å². The van der Waals surface area contributed by atoms with Gasteiger partial charge in [-0.25, -0.2) is 9.50 Å². The zero-order chi connectivity index (χ0) is 24.7. The van der Waals surface area contributed by atoms with Crippen molar-refractivity contribution < 1.29 is 9.53 Å². The summed E-state index contributed by atoms with van der Waals surface area (Å²) in [6.07, 6.45) is 5.54. The first-order valence-electron chi connectivity index (χ1n) is 12.3. The van der Waals surface area contributed by atoms with Gasteiger partial charge in [-0.3, -0.25) is 4.79 Å². The van der Waals surface area contributed by atoms with E-state index in [1.165, 1.54) is 10.9 Å². The molecule has 1 N–H and O–H groups in total. The van der Waals surface area contributed by atoms with Crippen LogP contribution in [0.5, 0.6) is 5.75 Å². The largest absolute Gasteiger partial charge is 0.489 e. The van der Waals surface area contributed by atoms with Crippen LogP contribution in [0.25, 0.3) is 27.8 Å². The lowest BCUT2D eigenvalue weighted by molar-refractivity contribution is -0.134. The van der Waals surface area contributed by atoms with Gasteiger partial charge >= 0.3 is 0 Å². The number of amides is 1. The van der Waals surface area contributed by atoms with Crippen LogP contribution < -0.4 is 4.74 Å². The molecule has 1 fully saturated rings. The molecule has 0 unspecified atom stereocenters. The maximum Gasteiger partial charge on any atom is 0.236 e. The van der Waals surface area contributed by atoms with E-state index in [9.17, 15) is 4.79 Å². The Morgan fingerprint density at radius 2 is 2.11 bits per heavy atom. The Morgan fingerprint density at radius 3 is 2.89 bits per heavy atom. The number of pyridine rings is 1. The van der Waals surface area contributed by atoms with Gasteiger partial charge in [-0.15, -0.1) is 0 Å². The van der Waals surface area contributed by atoms with Crippen molar-refractivity contribution in [2.24, 2.45) is 0 Å². The number of aromatic amines is 1. The molecule has 35 heavy (non-hydrogen) atoms. The number of aromatic nitrogens is 4. The smallest absolute Gasteiger partial charge is 0.236 e. The monoisotopic (exact) mass is 474 g/mol. The summed E-state index contributed by atoms with van der Waals surface area (Å²) in [5, 5.41) is 5.52. The Bertz CT molecular complexity index is 1370. The summed E-state index contributed by atoms with van der Waals surface area (Å²) >= 11 is 0. The number of benzene rings is 1. The van der Waals surface area contributed by atoms with Gasteiger partial charge in [0, 0.05) is 29.2 Å². The number of piperidine rings is 1. The second kappa shape index (κ2) is 9.34. The number of nitrogens with zero attached hydrogens (tertiary/aromatic N) is 5. The molecule has 5 rings (SSSR count). The number of carbonyl (C=O) groups excluding carboxylic acids is 1. The van der Waals surface area contributed by atoms with Crippen molar-refractivity contribution in [1.82, 2.24) is 29.4 Å². The zero-order valence-corrected chi connectivity index (χ0v) is 21.2. The van der Waals surface area contributed by atoms with Gasteiger partial charge in [0.1, 0.15) is 18.2 Å². The highest BCUT2D eigenvalue weighted by atomic mass is 16.5. The molecule has 0 bridgehead atoms. The van der Waals surface area contributed by atoms with E-state index in [1.807, 2.05) is 40.7 Å². The quantitative estimate of drug-likeness (QED) is 0.452. The highest BCUT2D eigenvalue weighted by molar-refractivity contribution is 5.92. The van der Waals surface area contributed by atoms with E-state index < -0.39 is 0 Å². The average Bonchev–Trinajstić information content (AvgIpc) is 3.43. The van der Waals surface area contributed by atoms with Crippen LogP contribution in [0.3, 0.4) is 0 Å². The van der Waals surface area contributed by atoms with Gasteiger partial charge in [-0.1, -0.05) is 13.8 Å². The summed E-state index contributed by atoms with van der Waals surface area (Å²) in [6.45, 7) is 8.37. The molecule has 0 saturated carbocycles. The van der Waals surface area contributed by atoms with Crippen molar-refractivity contribution in [2.75, 3.05) is 33.7 Å². The third-order valence-corrected chi connectivity index (χ3v) is 6.72. The van der Waals surface area contributed by atoms with Crippen LogP contribution in [0, 0.1) is 6.92 Å². The predicted molar refractivity (Wildman–Crippen MR) is 138 cm³/mol. The number of likely N-dealkylation sites (N-methyl/N-ethyl adjacent to an activating group) is 1. The number of likely N-dealkylation sites (tertiary alicyclic amines) is 1. The van der Waals surface area contributed by atoms with E-state index in [0.717, 1.165) is 53.1 Å². The van der Waals surface area contributed by atoms with Crippen molar-refractivity contribution in [2.45, 2.75) is 45.6 Å². The number of H-pyrrole nitrogens is 1. The molecule has 0 aliphatic carbocycles. The molecule has 0 radical (unpaired) electrons. The third-order valence-electron chi connectivity index (χ3n) is 6.72. The minimum atomic E-state index is 0.00518. The Kier molecular flexibility index (Phi) is 6.23. The lowest BCUT2D eigenvalue weighted by Crippen LogP contribution is -2.47. The number of hydrogen-bond donors (Lipinski definition) is 1. The molecule has 1 amide bonds. The van der Waals surface area contributed by atoms with E-state index >= 15 is 0 Å². The molecular weight excluding hydrogens is 440 g/mol. The maximum atomic E-state index is 12.5. The van der Waals surface area contributed by atoms with E-state index in [2.05, 4.69) is 54.0 Å². The Labute approximate surface area is 205 Å². The topological polar surface area (TPSA) is 78.8 Å². The molecule has 0 spiro atoms. The Hall–Kier alpha value is -3.39. The highest BCUT2D eigenvalue weighted by Gasteiger charge is 2.25. The molecule has 8 nitrogen and oxygen atoms in total. The van der Waals surface area contributed by atoms with Crippen LogP contribution in [0.4, 0.5) is 0 Å². The second-order valence-corrected chi connectivity index (χ2v) is 10.2. The zero-order valence-electron chi connectivity index (χ0n) is 21.2. The molecule has 3 aromatic heterocycles. The van der Waals surface area contributed by atoms with Crippen LogP contribution >= 0.6 is 0 Å². The van der Waals surface area contributed by atoms with Gasteiger partial charge in [0.25, 0.3) is 0 Å². The summed E-state index contributed by atoms with van der Waals surface area (Å²) in [5.74, 6) is 1.32. The SMILES string of the molecule is Cc1cc(-c2[nH]c3ccc(O[C@H]4CCCN(C(=O)CN(C)C)C4)cc3c2C(C)C)cn2ncnc12. The predicted octanol–water partition coefficient (Wildman–Crippen LogP) is 4.24. The number of ether oxygens (including phenoxy) is 1. The summed E-state index contributed by atoms with van der Waals surface area (Å²) in [7, 11) is 3.85. The lowest BCUT2D eigenvalue weighted by atomic mass is 9.96. The molecular formula is C27H34N6O2. The summed E-state index contributed by atoms with van der Waals surface area (Å²) in [6, 6.07) is 8.43. The first-order valence-corrected chi connectivity index (χ1v) is 12.3. The molecule has 1 aromatic carbocycles. The summed E-state index contributed by atoms with van der Waals surface area (Å²) in [5.41, 5.74) is 6.49. The average molecular weight is 475 g/mol. The van der Waals surface area contributed by atoms with Crippen LogP contribution in [0.1, 0.15) is 43.7 Å². The molecule has 1 atom stereocenters. The molecule has 1 saturated heterocycles. The van der Waals surface area contributed by atoms with Crippen molar-refractivity contribution in [1.29, 1.82) is 0 Å². The third kappa shape index (κ3) is 4.62. The van der Waals surface area contributed by atoms with Gasteiger partial charge in [-0.05, 0) is 75.2 Å². The fourth-order valence-corrected chi connectivity index (χ4v) is 5.15. The van der Waals surface area contributed by atoms with Crippen LogP contribution in [-0.2, 0) is 4.79 Å². The number of fused-ring (bicyclic) bond motifs is 2. The van der Waals surface area contributed by atoms with Crippen LogP contribution in [0.15, 0.2) is 36.8 Å². The van der Waals surface area contributed by atoms with Gasteiger partial charge in [0.2, 0.25) is 5.91 Å². The Balaban J connectivity index is 1.45. The number of rotatable bonds is 6. The molecule has 1 aliphatic heterocycles. The van der Waals surface area contributed by atoms with Crippen molar-refractivity contribution in [3.63, 3.8) is 0 Å². The first kappa shape index (κ1) is 23.4. The van der Waals surface area contributed by atoms with Gasteiger partial charge in [0.05, 0.1) is 18.8 Å². The van der Waals surface area contributed by atoms with Gasteiger partial charge < -0.3 is 19.5 Å². The first-order chi connectivity index (χ1) is 16.8. The molecule has 1 aliphatic rings. The minimum absolute atomic E-state index is 0.00518. The number of aryl methyl sites for hydroxylation is 1. The highest BCUT2D eigenvalue weighted by Crippen LogP contribution is 2.37. The fourth-order valence-electron chi connectivity index (χ4n) is 5.15. The molecule has 4 heterocycles.